The third kappa shape index (κ3) is 4.34. The second-order valence-corrected chi connectivity index (χ2v) is 8.42. The third-order valence-electron chi connectivity index (χ3n) is 6.21. The van der Waals surface area contributed by atoms with E-state index in [2.05, 4.69) is 11.9 Å². The average Bonchev–Trinajstić information content (AvgIpc) is 3.11. The van der Waals surface area contributed by atoms with Gasteiger partial charge in [-0.2, -0.15) is 0 Å². The minimum atomic E-state index is -1.94. The Morgan fingerprint density at radius 3 is 2.24 bits per heavy atom. The van der Waals surface area contributed by atoms with Crippen LogP contribution in [0.2, 0.25) is 0 Å². The fourth-order valence-electron chi connectivity index (χ4n) is 4.42. The first-order valence-electron chi connectivity index (χ1n) is 10.8. The normalized spacial score (nSPS) is 16.7. The summed E-state index contributed by atoms with van der Waals surface area (Å²) >= 11 is 0. The summed E-state index contributed by atoms with van der Waals surface area (Å²) in [4.78, 5) is 37.7. The summed E-state index contributed by atoms with van der Waals surface area (Å²) in [7, 11) is 0. The van der Waals surface area contributed by atoms with E-state index >= 15 is 0 Å². The van der Waals surface area contributed by atoms with Gasteiger partial charge in [0, 0.05) is 5.92 Å². The van der Waals surface area contributed by atoms with Gasteiger partial charge in [0.25, 0.3) is 0 Å². The van der Waals surface area contributed by atoms with Crippen LogP contribution in [0.4, 0.5) is 4.79 Å². The number of ether oxygens (including phenoxy) is 1. The number of hydrogen-bond donors (Lipinski definition) is 3. The van der Waals surface area contributed by atoms with Crippen LogP contribution in [0.15, 0.2) is 61.2 Å². The average molecular weight is 450 g/mol. The van der Waals surface area contributed by atoms with E-state index in [1.54, 1.807) is 6.08 Å². The summed E-state index contributed by atoms with van der Waals surface area (Å²) in [6.07, 6.45) is 1.66. The highest BCUT2D eigenvalue weighted by Crippen LogP contribution is 2.44. The van der Waals surface area contributed by atoms with Gasteiger partial charge in [0.1, 0.15) is 12.6 Å². The van der Waals surface area contributed by atoms with Crippen LogP contribution in [-0.2, 0) is 14.3 Å². The molecular weight excluding hydrogens is 424 g/mol. The minimum Gasteiger partial charge on any atom is -0.479 e. The number of nitrogens with one attached hydrogen (secondary N) is 1. The van der Waals surface area contributed by atoms with E-state index in [1.807, 2.05) is 48.5 Å². The molecule has 1 atom stereocenters. The van der Waals surface area contributed by atoms with Gasteiger partial charge in [-0.1, -0.05) is 54.6 Å². The van der Waals surface area contributed by atoms with Crippen LogP contribution >= 0.6 is 0 Å². The van der Waals surface area contributed by atoms with Gasteiger partial charge in [0.2, 0.25) is 5.91 Å². The number of alkyl carbamates (subject to hydrolysis) is 1. The summed E-state index contributed by atoms with van der Waals surface area (Å²) in [6, 6.07) is 15.1. The summed E-state index contributed by atoms with van der Waals surface area (Å²) in [5, 5.41) is 21.5. The molecule has 0 spiro atoms. The summed E-state index contributed by atoms with van der Waals surface area (Å²) in [5.41, 5.74) is 2.45. The van der Waals surface area contributed by atoms with Crippen molar-refractivity contribution in [3.63, 3.8) is 0 Å². The molecule has 1 saturated heterocycles. The number of carbonyl (C=O) groups excluding carboxylic acids is 2. The van der Waals surface area contributed by atoms with Crippen LogP contribution in [0.25, 0.3) is 11.1 Å². The fraction of sp³-hybridized carbons (Fsp3) is 0.320. The Bertz CT molecular complexity index is 1050. The number of carboxylic acids is 1. The smallest absolute Gasteiger partial charge is 0.407 e. The van der Waals surface area contributed by atoms with Crippen molar-refractivity contribution in [1.82, 2.24) is 10.2 Å². The highest BCUT2D eigenvalue weighted by molar-refractivity contribution is 5.89. The molecule has 4 rings (SSSR count). The minimum absolute atomic E-state index is 0.105. The Hall–Kier alpha value is -3.65. The zero-order valence-corrected chi connectivity index (χ0v) is 18.1. The standard InChI is InChI=1S/C25H26N2O6/c1-2-3-12-21(22(28)27-14-25(32,15-27)23(29)30)26-24(31)33-13-20-18-10-6-4-8-16(18)17-9-5-7-11-19(17)20/h2,4-11,20-21,32H,1,3,12-15H2,(H,26,31)(H,29,30). The van der Waals surface area contributed by atoms with Crippen molar-refractivity contribution >= 4 is 18.0 Å². The lowest BCUT2D eigenvalue weighted by Crippen LogP contribution is -2.69. The van der Waals surface area contributed by atoms with Crippen LogP contribution in [-0.4, -0.2) is 64.4 Å². The lowest BCUT2D eigenvalue weighted by Gasteiger charge is -2.44. The molecule has 1 aliphatic heterocycles. The van der Waals surface area contributed by atoms with Gasteiger partial charge in [0.05, 0.1) is 13.1 Å². The predicted molar refractivity (Wildman–Crippen MR) is 121 cm³/mol. The number of carbonyl (C=O) groups is 3. The lowest BCUT2D eigenvalue weighted by molar-refractivity contribution is -0.182. The third-order valence-corrected chi connectivity index (χ3v) is 6.21. The molecule has 0 aromatic heterocycles. The molecule has 2 aromatic carbocycles. The highest BCUT2D eigenvalue weighted by atomic mass is 16.5. The first-order valence-corrected chi connectivity index (χ1v) is 10.8. The van der Waals surface area contributed by atoms with Crippen LogP contribution in [0, 0.1) is 0 Å². The SMILES string of the molecule is C=CCCC(NC(=O)OCC1c2ccccc2-c2ccccc21)C(=O)N1CC(O)(C(=O)O)C1. The van der Waals surface area contributed by atoms with Crippen LogP contribution in [0.1, 0.15) is 29.9 Å². The molecule has 1 unspecified atom stereocenters. The Morgan fingerprint density at radius 2 is 1.70 bits per heavy atom. The quantitative estimate of drug-likeness (QED) is 0.532. The number of carboxylic acid groups (broad SMARTS) is 1. The van der Waals surface area contributed by atoms with E-state index in [1.165, 1.54) is 4.90 Å². The van der Waals surface area contributed by atoms with E-state index in [0.29, 0.717) is 6.42 Å². The Balaban J connectivity index is 1.40. The second kappa shape index (κ2) is 9.07. The van der Waals surface area contributed by atoms with Crippen molar-refractivity contribution < 1.29 is 29.3 Å². The van der Waals surface area contributed by atoms with Crippen molar-refractivity contribution in [2.24, 2.45) is 0 Å². The molecule has 1 heterocycles. The molecule has 1 fully saturated rings. The highest BCUT2D eigenvalue weighted by Gasteiger charge is 2.51. The molecule has 2 aromatic rings. The van der Waals surface area contributed by atoms with E-state index < -0.39 is 29.6 Å². The zero-order chi connectivity index (χ0) is 23.6. The molecule has 0 saturated carbocycles. The van der Waals surface area contributed by atoms with Crippen molar-refractivity contribution in [1.29, 1.82) is 0 Å². The molecular formula is C25H26N2O6. The Labute approximate surface area is 191 Å². The van der Waals surface area contributed by atoms with E-state index in [-0.39, 0.29) is 32.0 Å². The van der Waals surface area contributed by atoms with Crippen LogP contribution in [0.3, 0.4) is 0 Å². The maximum absolute atomic E-state index is 12.8. The van der Waals surface area contributed by atoms with Crippen LogP contribution < -0.4 is 5.32 Å². The van der Waals surface area contributed by atoms with Crippen molar-refractivity contribution in [3.05, 3.63) is 72.3 Å². The number of hydrogen-bond acceptors (Lipinski definition) is 5. The number of benzene rings is 2. The molecule has 8 nitrogen and oxygen atoms in total. The predicted octanol–water partition coefficient (Wildman–Crippen LogP) is 2.52. The number of allylic oxidation sites excluding steroid dienone is 1. The number of amides is 2. The van der Waals surface area contributed by atoms with Gasteiger partial charge in [-0.05, 0) is 35.1 Å². The van der Waals surface area contributed by atoms with E-state index in [9.17, 15) is 19.5 Å². The molecule has 3 N–H and O–H groups in total. The molecule has 172 valence electrons. The lowest BCUT2D eigenvalue weighted by atomic mass is 9.93. The van der Waals surface area contributed by atoms with Gasteiger partial charge in [0.15, 0.2) is 5.60 Å². The number of β-amino-alcohol motifs (C(OH)–C–C–N with tert-alkyl or cyclic N) is 1. The number of nitrogens with zero attached hydrogens (tertiary/aromatic N) is 1. The first kappa shape index (κ1) is 22.5. The number of rotatable bonds is 8. The zero-order valence-electron chi connectivity index (χ0n) is 18.1. The molecule has 2 amide bonds. The summed E-state index contributed by atoms with van der Waals surface area (Å²) < 4.78 is 5.52. The molecule has 33 heavy (non-hydrogen) atoms. The molecule has 0 radical (unpaired) electrons. The monoisotopic (exact) mass is 450 g/mol. The largest absolute Gasteiger partial charge is 0.479 e. The van der Waals surface area contributed by atoms with Crippen LogP contribution in [0.5, 0.6) is 0 Å². The van der Waals surface area contributed by atoms with Gasteiger partial charge in [-0.3, -0.25) is 4.79 Å². The number of likely N-dealkylation sites (tertiary alicyclic amines) is 1. The summed E-state index contributed by atoms with van der Waals surface area (Å²) in [5.74, 6) is -1.94. The Morgan fingerprint density at radius 1 is 1.12 bits per heavy atom. The van der Waals surface area contributed by atoms with E-state index in [0.717, 1.165) is 22.3 Å². The number of aliphatic carboxylic acids is 1. The van der Waals surface area contributed by atoms with Gasteiger partial charge < -0.3 is 25.2 Å². The van der Waals surface area contributed by atoms with Gasteiger partial charge in [-0.15, -0.1) is 6.58 Å². The molecule has 8 heteroatoms. The van der Waals surface area contributed by atoms with Crippen molar-refractivity contribution in [3.8, 4) is 11.1 Å². The molecule has 0 bridgehead atoms. The molecule has 1 aliphatic carbocycles. The molecule has 2 aliphatic rings. The maximum Gasteiger partial charge on any atom is 0.407 e. The van der Waals surface area contributed by atoms with Gasteiger partial charge >= 0.3 is 12.1 Å². The number of fused-ring (bicyclic) bond motifs is 3. The maximum atomic E-state index is 12.8. The second-order valence-electron chi connectivity index (χ2n) is 8.42. The number of aliphatic hydroxyl groups is 1. The van der Waals surface area contributed by atoms with E-state index in [4.69, 9.17) is 9.84 Å². The fourth-order valence-corrected chi connectivity index (χ4v) is 4.42. The summed E-state index contributed by atoms with van der Waals surface area (Å²) in [6.45, 7) is 3.11. The van der Waals surface area contributed by atoms with Gasteiger partial charge in [-0.25, -0.2) is 9.59 Å². The van der Waals surface area contributed by atoms with Crippen molar-refractivity contribution in [2.45, 2.75) is 30.4 Å². The topological polar surface area (TPSA) is 116 Å². The van der Waals surface area contributed by atoms with Crippen molar-refractivity contribution in [2.75, 3.05) is 19.7 Å². The Kier molecular flexibility index (Phi) is 6.20. The first-order chi connectivity index (χ1) is 15.8.